The number of anilines is 1. The molecule has 0 atom stereocenters. The number of amidine groups is 1. The molecular weight excluding hydrogens is 595 g/mol. The van der Waals surface area contributed by atoms with Gasteiger partial charge in [-0.15, -0.1) is 18.3 Å². The average molecular weight is 622 g/mol. The van der Waals surface area contributed by atoms with Gasteiger partial charge in [-0.1, -0.05) is 48.2 Å². The number of alkyl halides is 3. The topological polar surface area (TPSA) is 98.9 Å². The fourth-order valence-electron chi connectivity index (χ4n) is 5.16. The van der Waals surface area contributed by atoms with Gasteiger partial charge in [-0.05, 0) is 72.7 Å². The summed E-state index contributed by atoms with van der Waals surface area (Å²) in [6.45, 7) is 0.106. The van der Waals surface area contributed by atoms with Crippen LogP contribution in [0.25, 0.3) is 17.1 Å². The van der Waals surface area contributed by atoms with Gasteiger partial charge in [0.25, 0.3) is 0 Å². The van der Waals surface area contributed by atoms with E-state index in [1.54, 1.807) is 4.90 Å². The zero-order valence-corrected chi connectivity index (χ0v) is 24.1. The Morgan fingerprint density at radius 1 is 1.00 bits per heavy atom. The molecule has 0 bridgehead atoms. The first-order chi connectivity index (χ1) is 21.2. The summed E-state index contributed by atoms with van der Waals surface area (Å²) in [6, 6.07) is 18.6. The molecule has 0 unspecified atom stereocenters. The minimum atomic E-state index is -4.76. The SMILES string of the molecule is O=C(/N=C1\SCC(=O)N1c1cccc2c1CCCC2)OCCc1ccc(-c2ncn(-c3ccc(OC(F)(F)F)cc3)n2)cc1. The summed E-state index contributed by atoms with van der Waals surface area (Å²) in [5.41, 5.74) is 5.36. The van der Waals surface area contributed by atoms with Crippen molar-refractivity contribution in [2.24, 2.45) is 4.99 Å². The number of ether oxygens (including phenoxy) is 2. The van der Waals surface area contributed by atoms with E-state index in [0.29, 0.717) is 23.1 Å². The summed E-state index contributed by atoms with van der Waals surface area (Å²) in [5.74, 6) is 0.226. The van der Waals surface area contributed by atoms with E-state index in [1.165, 1.54) is 52.6 Å². The van der Waals surface area contributed by atoms with Crippen LogP contribution in [-0.4, -0.2) is 50.7 Å². The van der Waals surface area contributed by atoms with Crippen LogP contribution < -0.4 is 9.64 Å². The lowest BCUT2D eigenvalue weighted by atomic mass is 9.90. The first-order valence-corrected chi connectivity index (χ1v) is 14.9. The van der Waals surface area contributed by atoms with Gasteiger partial charge in [0.15, 0.2) is 11.0 Å². The number of carbonyl (C=O) groups excluding carboxylic acids is 2. The number of hydrogen-bond acceptors (Lipinski definition) is 7. The lowest BCUT2D eigenvalue weighted by molar-refractivity contribution is -0.274. The van der Waals surface area contributed by atoms with Gasteiger partial charge in [0.05, 0.1) is 23.7 Å². The molecule has 9 nitrogen and oxygen atoms in total. The zero-order valence-electron chi connectivity index (χ0n) is 23.3. The summed E-state index contributed by atoms with van der Waals surface area (Å²) in [5, 5.41) is 4.74. The van der Waals surface area contributed by atoms with Crippen LogP contribution in [0.3, 0.4) is 0 Å². The lowest BCUT2D eigenvalue weighted by Gasteiger charge is -2.24. The van der Waals surface area contributed by atoms with E-state index in [0.717, 1.165) is 48.1 Å². The minimum absolute atomic E-state index is 0.103. The molecule has 2 heterocycles. The quantitative estimate of drug-likeness (QED) is 0.232. The molecule has 0 radical (unpaired) electrons. The highest BCUT2D eigenvalue weighted by molar-refractivity contribution is 8.15. The monoisotopic (exact) mass is 621 g/mol. The van der Waals surface area contributed by atoms with Crippen LogP contribution in [0, 0.1) is 0 Å². The summed E-state index contributed by atoms with van der Waals surface area (Å²) in [4.78, 5) is 35.2. The number of benzene rings is 3. The Hall–Kier alpha value is -4.65. The highest BCUT2D eigenvalue weighted by atomic mass is 32.2. The van der Waals surface area contributed by atoms with Crippen molar-refractivity contribution < 1.29 is 32.2 Å². The fraction of sp³-hybridized carbons (Fsp3) is 0.258. The maximum absolute atomic E-state index is 12.7. The van der Waals surface area contributed by atoms with Crippen LogP contribution in [-0.2, 0) is 28.8 Å². The number of carbonyl (C=O) groups is 2. The normalized spacial score (nSPS) is 15.8. The van der Waals surface area contributed by atoms with Gasteiger partial charge in [-0.25, -0.2) is 14.5 Å². The van der Waals surface area contributed by atoms with Crippen LogP contribution >= 0.6 is 11.8 Å². The van der Waals surface area contributed by atoms with Crippen molar-refractivity contribution in [1.29, 1.82) is 0 Å². The first-order valence-electron chi connectivity index (χ1n) is 13.9. The smallest absolute Gasteiger partial charge is 0.448 e. The molecule has 1 aromatic heterocycles. The number of aryl methyl sites for hydroxylation is 1. The maximum atomic E-state index is 12.7. The molecule has 3 aromatic carbocycles. The highest BCUT2D eigenvalue weighted by Gasteiger charge is 2.33. The Kier molecular flexibility index (Phi) is 8.38. The van der Waals surface area contributed by atoms with Gasteiger partial charge in [0, 0.05) is 12.0 Å². The molecule has 1 aliphatic heterocycles. The summed E-state index contributed by atoms with van der Waals surface area (Å²) in [6.07, 6.45) is 0.477. The van der Waals surface area contributed by atoms with E-state index in [9.17, 15) is 22.8 Å². The van der Waals surface area contributed by atoms with Crippen LogP contribution in [0.5, 0.6) is 5.75 Å². The predicted octanol–water partition coefficient (Wildman–Crippen LogP) is 6.53. The van der Waals surface area contributed by atoms with E-state index in [4.69, 9.17) is 4.74 Å². The van der Waals surface area contributed by atoms with Crippen molar-refractivity contribution in [3.05, 3.63) is 89.7 Å². The third-order valence-corrected chi connectivity index (χ3v) is 8.14. The third-order valence-electron chi connectivity index (χ3n) is 7.22. The molecule has 1 saturated heterocycles. The molecule has 44 heavy (non-hydrogen) atoms. The third kappa shape index (κ3) is 6.77. The summed E-state index contributed by atoms with van der Waals surface area (Å²) >= 11 is 1.23. The predicted molar refractivity (Wildman–Crippen MR) is 159 cm³/mol. The van der Waals surface area contributed by atoms with Crippen molar-refractivity contribution in [2.45, 2.75) is 38.5 Å². The highest BCUT2D eigenvalue weighted by Crippen LogP contribution is 2.35. The molecule has 4 aromatic rings. The Morgan fingerprint density at radius 2 is 1.77 bits per heavy atom. The number of nitrogens with zero attached hydrogens (tertiary/aromatic N) is 5. The number of aromatic nitrogens is 3. The van der Waals surface area contributed by atoms with Gasteiger partial charge in [0.1, 0.15) is 12.1 Å². The molecule has 2 aliphatic rings. The minimum Gasteiger partial charge on any atom is -0.448 e. The van der Waals surface area contributed by atoms with E-state index in [2.05, 4.69) is 25.9 Å². The van der Waals surface area contributed by atoms with E-state index in [-0.39, 0.29) is 24.0 Å². The molecule has 1 aliphatic carbocycles. The van der Waals surface area contributed by atoms with Crippen LogP contribution in [0.2, 0.25) is 0 Å². The molecule has 1 fully saturated rings. The number of hydrogen-bond donors (Lipinski definition) is 0. The molecule has 6 rings (SSSR count). The number of fused-ring (bicyclic) bond motifs is 1. The van der Waals surface area contributed by atoms with Gasteiger partial charge < -0.3 is 9.47 Å². The molecule has 0 spiro atoms. The number of rotatable bonds is 7. The van der Waals surface area contributed by atoms with Gasteiger partial charge in [-0.2, -0.15) is 4.99 Å². The number of halogens is 3. The molecule has 226 valence electrons. The van der Waals surface area contributed by atoms with Crippen LogP contribution in [0.1, 0.15) is 29.5 Å². The Morgan fingerprint density at radius 3 is 2.55 bits per heavy atom. The molecule has 0 N–H and O–H groups in total. The van der Waals surface area contributed by atoms with Crippen LogP contribution in [0.15, 0.2) is 78.0 Å². The number of aliphatic imine (C=N–C) groups is 1. The standard InChI is InChI=1S/C31H26F3N5O4S/c32-31(33,34)43-24-14-12-23(13-15-24)38-19-35-28(37-38)22-10-8-20(9-11-22)16-17-42-30(41)36-29-39(27(40)18-44-29)26-7-3-5-21-4-1-2-6-25(21)26/h3,5,7-15,19H,1-2,4,6,16-18H2/b36-29-. The van der Waals surface area contributed by atoms with Crippen molar-refractivity contribution >= 4 is 34.6 Å². The summed E-state index contributed by atoms with van der Waals surface area (Å²) < 4.78 is 47.9. The Labute approximate surface area is 254 Å². The zero-order chi connectivity index (χ0) is 30.7. The van der Waals surface area contributed by atoms with Crippen molar-refractivity contribution in [1.82, 2.24) is 14.8 Å². The summed E-state index contributed by atoms with van der Waals surface area (Å²) in [7, 11) is 0. The Bertz CT molecular complexity index is 1700. The van der Waals surface area contributed by atoms with E-state index < -0.39 is 12.5 Å². The number of amides is 2. The van der Waals surface area contributed by atoms with E-state index in [1.807, 2.05) is 36.4 Å². The van der Waals surface area contributed by atoms with Gasteiger partial charge in [-0.3, -0.25) is 9.69 Å². The van der Waals surface area contributed by atoms with E-state index >= 15 is 0 Å². The second kappa shape index (κ2) is 12.5. The second-order valence-corrected chi connectivity index (χ2v) is 11.1. The molecular formula is C31H26F3N5O4S. The van der Waals surface area contributed by atoms with Gasteiger partial charge in [0.2, 0.25) is 5.91 Å². The first kappa shape index (κ1) is 29.4. The Balaban J connectivity index is 1.04. The number of thioether (sulfide) groups is 1. The van der Waals surface area contributed by atoms with Crippen molar-refractivity contribution in [3.63, 3.8) is 0 Å². The molecule has 13 heteroatoms. The lowest BCUT2D eigenvalue weighted by Crippen LogP contribution is -2.31. The average Bonchev–Trinajstić information content (AvgIpc) is 3.64. The van der Waals surface area contributed by atoms with Crippen LogP contribution in [0.4, 0.5) is 23.7 Å². The molecule has 2 amide bonds. The van der Waals surface area contributed by atoms with Crippen molar-refractivity contribution in [3.8, 4) is 22.8 Å². The van der Waals surface area contributed by atoms with Gasteiger partial charge >= 0.3 is 12.5 Å². The molecule has 0 saturated carbocycles. The fourth-order valence-corrected chi connectivity index (χ4v) is 6.01. The van der Waals surface area contributed by atoms with Crippen molar-refractivity contribution in [2.75, 3.05) is 17.3 Å². The largest absolute Gasteiger partial charge is 0.573 e. The maximum Gasteiger partial charge on any atom is 0.573 e. The second-order valence-electron chi connectivity index (χ2n) is 10.1.